The van der Waals surface area contributed by atoms with Crippen molar-refractivity contribution in [2.24, 2.45) is 17.1 Å². The van der Waals surface area contributed by atoms with Crippen molar-refractivity contribution in [3.63, 3.8) is 0 Å². The summed E-state index contributed by atoms with van der Waals surface area (Å²) >= 11 is 0. The van der Waals surface area contributed by atoms with Gasteiger partial charge in [-0.3, -0.25) is 5.41 Å². The number of anilines is 1. The topological polar surface area (TPSA) is 74.8 Å². The van der Waals surface area contributed by atoms with E-state index in [0.29, 0.717) is 32.3 Å². The first kappa shape index (κ1) is 21.5. The molecule has 0 bridgehead atoms. The zero-order valence-electron chi connectivity index (χ0n) is 17.3. The zero-order valence-corrected chi connectivity index (χ0v) is 17.3. The van der Waals surface area contributed by atoms with Crippen molar-refractivity contribution in [1.82, 2.24) is 4.90 Å². The molecule has 6 heteroatoms. The van der Waals surface area contributed by atoms with E-state index in [-0.39, 0.29) is 5.41 Å². The first-order valence-electron chi connectivity index (χ1n) is 9.89. The average molecular weight is 377 g/mol. The zero-order chi connectivity index (χ0) is 19.9. The minimum Gasteiger partial charge on any atom is -0.491 e. The molecule has 0 radical (unpaired) electrons. The fourth-order valence-electron chi connectivity index (χ4n) is 3.14. The van der Waals surface area contributed by atoms with E-state index >= 15 is 0 Å². The fraction of sp³-hybridized carbons (Fsp3) is 0.667. The normalized spacial score (nSPS) is 15.7. The first-order chi connectivity index (χ1) is 12.9. The second kappa shape index (κ2) is 9.95. The number of likely N-dealkylation sites (tertiary alicyclic amines) is 1. The monoisotopic (exact) mass is 376 g/mol. The largest absolute Gasteiger partial charge is 0.491 e. The van der Waals surface area contributed by atoms with Gasteiger partial charge in [0, 0.05) is 32.4 Å². The molecule has 0 atom stereocenters. The third kappa shape index (κ3) is 6.40. The van der Waals surface area contributed by atoms with Crippen LogP contribution in [0.1, 0.15) is 33.6 Å². The Labute approximate surface area is 164 Å². The lowest BCUT2D eigenvalue weighted by Crippen LogP contribution is -2.51. The number of methoxy groups -OCH3 is 1. The van der Waals surface area contributed by atoms with Gasteiger partial charge in [-0.1, -0.05) is 20.8 Å². The lowest BCUT2D eigenvalue weighted by atomic mass is 9.92. The van der Waals surface area contributed by atoms with Crippen LogP contribution in [0.2, 0.25) is 0 Å². The highest BCUT2D eigenvalue weighted by atomic mass is 16.5. The van der Waals surface area contributed by atoms with Crippen molar-refractivity contribution in [2.45, 2.75) is 33.6 Å². The van der Waals surface area contributed by atoms with Crippen LogP contribution in [-0.2, 0) is 4.74 Å². The lowest BCUT2D eigenvalue weighted by Gasteiger charge is -2.40. The van der Waals surface area contributed by atoms with Crippen LogP contribution in [0.25, 0.3) is 0 Å². The third-order valence-electron chi connectivity index (χ3n) is 5.18. The van der Waals surface area contributed by atoms with Crippen molar-refractivity contribution in [3.8, 4) is 5.75 Å². The second-order valence-corrected chi connectivity index (χ2v) is 8.28. The fourth-order valence-corrected chi connectivity index (χ4v) is 3.14. The Balaban J connectivity index is 2.15. The minimum atomic E-state index is -0.0803. The van der Waals surface area contributed by atoms with Crippen LogP contribution in [-0.4, -0.2) is 57.4 Å². The van der Waals surface area contributed by atoms with E-state index in [1.165, 1.54) is 0 Å². The van der Waals surface area contributed by atoms with Gasteiger partial charge in [0.25, 0.3) is 0 Å². The van der Waals surface area contributed by atoms with Crippen LogP contribution in [0, 0.1) is 16.7 Å². The molecule has 1 saturated heterocycles. The number of nitrogens with two attached hydrogens (primary N) is 1. The molecule has 0 amide bonds. The van der Waals surface area contributed by atoms with Gasteiger partial charge in [-0.15, -0.1) is 0 Å². The average Bonchev–Trinajstić information content (AvgIpc) is 2.67. The number of ether oxygens (including phenoxy) is 2. The molecule has 1 aliphatic rings. The second-order valence-electron chi connectivity index (χ2n) is 8.28. The van der Waals surface area contributed by atoms with Crippen molar-refractivity contribution in [3.05, 3.63) is 24.3 Å². The molecule has 152 valence electrons. The molecule has 0 unspecified atom stereocenters. The molecule has 3 N–H and O–H groups in total. The number of guanidine groups is 1. The Hall–Kier alpha value is -1.79. The summed E-state index contributed by atoms with van der Waals surface area (Å²) in [4.78, 5) is 4.28. The summed E-state index contributed by atoms with van der Waals surface area (Å²) in [6, 6.07) is 7.96. The summed E-state index contributed by atoms with van der Waals surface area (Å²) in [7, 11) is 1.66. The molecule has 0 aliphatic carbocycles. The molecule has 27 heavy (non-hydrogen) atoms. The number of piperidine rings is 1. The number of hydrogen-bond donors (Lipinski definition) is 2. The Morgan fingerprint density at radius 3 is 2.41 bits per heavy atom. The Kier molecular flexibility index (Phi) is 7.92. The molecule has 6 nitrogen and oxygen atoms in total. The Bertz CT molecular complexity index is 580. The molecular formula is C21H36N4O2. The van der Waals surface area contributed by atoms with E-state index < -0.39 is 0 Å². The summed E-state index contributed by atoms with van der Waals surface area (Å²) in [5, 5.41) is 8.85. The highest BCUT2D eigenvalue weighted by molar-refractivity contribution is 5.94. The van der Waals surface area contributed by atoms with Crippen molar-refractivity contribution in [1.29, 1.82) is 5.41 Å². The third-order valence-corrected chi connectivity index (χ3v) is 5.18. The van der Waals surface area contributed by atoms with Gasteiger partial charge in [0.1, 0.15) is 12.4 Å². The molecule has 1 aliphatic heterocycles. The number of benzene rings is 1. The predicted molar refractivity (Wildman–Crippen MR) is 112 cm³/mol. The van der Waals surface area contributed by atoms with Crippen LogP contribution in [0.15, 0.2) is 24.3 Å². The predicted octanol–water partition coefficient (Wildman–Crippen LogP) is 3.17. The number of nitrogens with zero attached hydrogens (tertiary/aromatic N) is 2. The van der Waals surface area contributed by atoms with Crippen LogP contribution < -0.4 is 15.4 Å². The van der Waals surface area contributed by atoms with Crippen LogP contribution in [0.5, 0.6) is 5.75 Å². The van der Waals surface area contributed by atoms with Crippen molar-refractivity contribution in [2.75, 3.05) is 51.4 Å². The van der Waals surface area contributed by atoms with Crippen LogP contribution in [0.4, 0.5) is 5.69 Å². The van der Waals surface area contributed by atoms with Gasteiger partial charge in [0.15, 0.2) is 5.96 Å². The molecule has 0 spiro atoms. The van der Waals surface area contributed by atoms with E-state index in [4.69, 9.17) is 20.6 Å². The molecule has 1 fully saturated rings. The molecule has 1 aromatic rings. The van der Waals surface area contributed by atoms with Gasteiger partial charge in [0.05, 0.1) is 6.61 Å². The van der Waals surface area contributed by atoms with Gasteiger partial charge in [-0.05, 0) is 55.0 Å². The van der Waals surface area contributed by atoms with Gasteiger partial charge in [-0.25, -0.2) is 0 Å². The number of nitrogens with one attached hydrogen (secondary N) is 1. The molecule has 1 heterocycles. The van der Waals surface area contributed by atoms with Gasteiger partial charge >= 0.3 is 0 Å². The minimum absolute atomic E-state index is 0.0803. The van der Waals surface area contributed by atoms with E-state index in [2.05, 4.69) is 30.6 Å². The maximum absolute atomic E-state index is 8.85. The molecule has 1 aromatic carbocycles. The molecule has 2 rings (SSSR count). The summed E-state index contributed by atoms with van der Waals surface area (Å²) in [6.07, 6.45) is 2.28. The summed E-state index contributed by atoms with van der Waals surface area (Å²) in [5.41, 5.74) is 6.90. The quantitative estimate of drug-likeness (QED) is 0.414. The van der Waals surface area contributed by atoms with E-state index in [1.807, 2.05) is 24.3 Å². The Morgan fingerprint density at radius 2 is 1.85 bits per heavy atom. The van der Waals surface area contributed by atoms with Crippen LogP contribution >= 0.6 is 0 Å². The maximum atomic E-state index is 8.85. The standard InChI is InChI=1S/C21H36N4O2/c1-17-9-11-24(12-10-17)20(23)25(16-21(2,3)15-22)18-5-7-19(8-6-18)27-14-13-26-4/h5-8,17,23H,9-16,22H2,1-4H3. The lowest BCUT2D eigenvalue weighted by molar-refractivity contribution is 0.146. The highest BCUT2D eigenvalue weighted by Crippen LogP contribution is 2.26. The van der Waals surface area contributed by atoms with Crippen LogP contribution in [0.3, 0.4) is 0 Å². The molecule has 0 saturated carbocycles. The van der Waals surface area contributed by atoms with E-state index in [0.717, 1.165) is 43.3 Å². The molecular weight excluding hydrogens is 340 g/mol. The first-order valence-corrected chi connectivity index (χ1v) is 9.89. The van der Waals surface area contributed by atoms with Crippen molar-refractivity contribution < 1.29 is 9.47 Å². The van der Waals surface area contributed by atoms with E-state index in [9.17, 15) is 0 Å². The van der Waals surface area contributed by atoms with Gasteiger partial charge < -0.3 is 25.0 Å². The smallest absolute Gasteiger partial charge is 0.198 e. The number of rotatable bonds is 8. The van der Waals surface area contributed by atoms with Gasteiger partial charge in [-0.2, -0.15) is 0 Å². The summed E-state index contributed by atoms with van der Waals surface area (Å²) in [5.74, 6) is 2.12. The maximum Gasteiger partial charge on any atom is 0.198 e. The molecule has 0 aromatic heterocycles. The summed E-state index contributed by atoms with van der Waals surface area (Å²) < 4.78 is 10.7. The van der Waals surface area contributed by atoms with Crippen molar-refractivity contribution >= 4 is 11.6 Å². The van der Waals surface area contributed by atoms with E-state index in [1.54, 1.807) is 7.11 Å². The highest BCUT2D eigenvalue weighted by Gasteiger charge is 2.27. The Morgan fingerprint density at radius 1 is 1.22 bits per heavy atom. The SMILES string of the molecule is COCCOc1ccc(N(CC(C)(C)CN)C(=N)N2CCC(C)CC2)cc1. The number of hydrogen-bond acceptors (Lipinski definition) is 4. The van der Waals surface area contributed by atoms with Gasteiger partial charge in [0.2, 0.25) is 0 Å². The summed E-state index contributed by atoms with van der Waals surface area (Å²) in [6.45, 7) is 10.8.